The molecule has 0 saturated heterocycles. The van der Waals surface area contributed by atoms with Crippen molar-refractivity contribution in [1.82, 2.24) is 9.66 Å². The van der Waals surface area contributed by atoms with Crippen LogP contribution in [0, 0.1) is 10.5 Å². The van der Waals surface area contributed by atoms with Gasteiger partial charge in [-0.05, 0) is 75.8 Å². The molecule has 8 heteroatoms. The highest BCUT2D eigenvalue weighted by Crippen LogP contribution is 2.30. The summed E-state index contributed by atoms with van der Waals surface area (Å²) in [5.41, 5.74) is 0.864. The number of aromatic nitrogens is 2. The second kappa shape index (κ2) is 6.93. The number of halogens is 3. The van der Waals surface area contributed by atoms with E-state index in [9.17, 15) is 9.90 Å². The number of rotatable bonds is 2. The molecule has 24 heavy (non-hydrogen) atoms. The molecule has 0 fully saturated rings. The molecule has 1 N–H and O–H groups in total. The van der Waals surface area contributed by atoms with E-state index in [1.54, 1.807) is 25.1 Å². The largest absolute Gasteiger partial charge is 0.506 e. The van der Waals surface area contributed by atoms with E-state index >= 15 is 0 Å². The molecule has 3 rings (SSSR count). The summed E-state index contributed by atoms with van der Waals surface area (Å²) in [5, 5.41) is 14.8. The highest BCUT2D eigenvalue weighted by molar-refractivity contribution is 14.1. The summed E-state index contributed by atoms with van der Waals surface area (Å²) in [6, 6.07) is 8.94. The van der Waals surface area contributed by atoms with Crippen LogP contribution in [0.3, 0.4) is 0 Å². The van der Waals surface area contributed by atoms with Crippen LogP contribution in [0.2, 0.25) is 0 Å². The number of aromatic hydroxyl groups is 1. The van der Waals surface area contributed by atoms with Crippen molar-refractivity contribution in [3.8, 4) is 5.75 Å². The van der Waals surface area contributed by atoms with Gasteiger partial charge in [0.25, 0.3) is 5.56 Å². The summed E-state index contributed by atoms with van der Waals surface area (Å²) >= 11 is 8.78. The van der Waals surface area contributed by atoms with Crippen molar-refractivity contribution in [3.63, 3.8) is 0 Å². The Morgan fingerprint density at radius 1 is 1.29 bits per heavy atom. The van der Waals surface area contributed by atoms with Gasteiger partial charge in [0.15, 0.2) is 0 Å². The van der Waals surface area contributed by atoms with E-state index < -0.39 is 0 Å². The number of fused-ring (bicyclic) bond motifs is 1. The highest BCUT2D eigenvalue weighted by Gasteiger charge is 2.09. The van der Waals surface area contributed by atoms with E-state index in [4.69, 9.17) is 0 Å². The quantitative estimate of drug-likeness (QED) is 0.371. The van der Waals surface area contributed by atoms with Crippen molar-refractivity contribution < 1.29 is 5.11 Å². The van der Waals surface area contributed by atoms with Gasteiger partial charge in [-0.1, -0.05) is 15.9 Å². The van der Waals surface area contributed by atoms with Crippen LogP contribution in [-0.2, 0) is 0 Å². The minimum absolute atomic E-state index is 0.0518. The van der Waals surface area contributed by atoms with Crippen molar-refractivity contribution in [2.75, 3.05) is 0 Å². The monoisotopic (exact) mass is 561 g/mol. The van der Waals surface area contributed by atoms with Crippen LogP contribution in [0.25, 0.3) is 10.9 Å². The molecule has 0 aliphatic carbocycles. The van der Waals surface area contributed by atoms with Crippen molar-refractivity contribution in [2.24, 2.45) is 5.10 Å². The van der Waals surface area contributed by atoms with E-state index in [0.717, 1.165) is 8.04 Å². The van der Waals surface area contributed by atoms with Crippen molar-refractivity contribution in [2.45, 2.75) is 6.92 Å². The zero-order valence-corrected chi connectivity index (χ0v) is 17.6. The summed E-state index contributed by atoms with van der Waals surface area (Å²) in [6.45, 7) is 1.72. The molecule has 0 bridgehead atoms. The molecule has 0 atom stereocenters. The topological polar surface area (TPSA) is 67.5 Å². The fourth-order valence-corrected chi connectivity index (χ4v) is 3.95. The first-order valence-corrected chi connectivity index (χ1v) is 9.44. The van der Waals surface area contributed by atoms with Crippen molar-refractivity contribution >= 4 is 71.6 Å². The lowest BCUT2D eigenvalue weighted by molar-refractivity contribution is 0.471. The molecule has 0 radical (unpaired) electrons. The summed E-state index contributed by atoms with van der Waals surface area (Å²) in [5.74, 6) is 0.523. The molecule has 0 aliphatic heterocycles. The van der Waals surface area contributed by atoms with Gasteiger partial charge in [0.1, 0.15) is 11.6 Å². The average molecular weight is 563 g/mol. The summed E-state index contributed by atoms with van der Waals surface area (Å²) in [4.78, 5) is 17.1. The summed E-state index contributed by atoms with van der Waals surface area (Å²) in [7, 11) is 0. The summed E-state index contributed by atoms with van der Waals surface area (Å²) < 4.78 is 3.50. The van der Waals surface area contributed by atoms with Crippen LogP contribution in [0.5, 0.6) is 5.75 Å². The standard InChI is InChI=1S/C16H10Br2IN3O2/c1-8-21-14-3-2-11(19)6-12(14)16(24)22(8)20-7-9-4-10(17)5-13(18)15(9)23/h2-7,23H,1H3/b20-7+. The van der Waals surface area contributed by atoms with Gasteiger partial charge in [-0.3, -0.25) is 4.79 Å². The fourth-order valence-electron chi connectivity index (χ4n) is 2.20. The van der Waals surface area contributed by atoms with Gasteiger partial charge in [-0.2, -0.15) is 9.78 Å². The Balaban J connectivity index is 2.15. The van der Waals surface area contributed by atoms with Gasteiger partial charge in [0.05, 0.1) is 21.6 Å². The maximum absolute atomic E-state index is 12.7. The van der Waals surface area contributed by atoms with Gasteiger partial charge in [0, 0.05) is 13.6 Å². The second-order valence-corrected chi connectivity index (χ2v) is 8.02. The zero-order chi connectivity index (χ0) is 17.4. The molecule has 2 aromatic carbocycles. The summed E-state index contributed by atoms with van der Waals surface area (Å²) in [6.07, 6.45) is 1.43. The molecule has 5 nitrogen and oxygen atoms in total. The van der Waals surface area contributed by atoms with E-state index in [1.165, 1.54) is 10.9 Å². The third kappa shape index (κ3) is 3.40. The molecule has 0 saturated carbocycles. The lowest BCUT2D eigenvalue weighted by Crippen LogP contribution is -2.20. The van der Waals surface area contributed by atoms with E-state index in [-0.39, 0.29) is 11.3 Å². The highest BCUT2D eigenvalue weighted by atomic mass is 127. The maximum atomic E-state index is 12.7. The van der Waals surface area contributed by atoms with E-state index in [1.807, 2.05) is 12.1 Å². The number of phenols is 1. The Labute approximate surface area is 167 Å². The Morgan fingerprint density at radius 2 is 2.04 bits per heavy atom. The normalized spacial score (nSPS) is 11.5. The molecular formula is C16H10Br2IN3O2. The Hall–Kier alpha value is -1.26. The molecular weight excluding hydrogens is 553 g/mol. The fraction of sp³-hybridized carbons (Fsp3) is 0.0625. The first-order chi connectivity index (χ1) is 11.4. The van der Waals surface area contributed by atoms with Crippen molar-refractivity contribution in [1.29, 1.82) is 0 Å². The third-order valence-electron chi connectivity index (χ3n) is 3.34. The van der Waals surface area contributed by atoms with Gasteiger partial charge >= 0.3 is 0 Å². The van der Waals surface area contributed by atoms with Crippen LogP contribution in [0.4, 0.5) is 0 Å². The Morgan fingerprint density at radius 3 is 2.79 bits per heavy atom. The number of hydrogen-bond donors (Lipinski definition) is 1. The molecule has 0 spiro atoms. The second-order valence-electron chi connectivity index (χ2n) is 5.01. The van der Waals surface area contributed by atoms with E-state index in [0.29, 0.717) is 26.8 Å². The van der Waals surface area contributed by atoms with Gasteiger partial charge in [0.2, 0.25) is 0 Å². The number of nitrogens with zero attached hydrogens (tertiary/aromatic N) is 3. The minimum Gasteiger partial charge on any atom is -0.506 e. The third-order valence-corrected chi connectivity index (χ3v) is 5.07. The van der Waals surface area contributed by atoms with Crippen LogP contribution >= 0.6 is 54.5 Å². The Kier molecular flexibility index (Phi) is 5.07. The van der Waals surface area contributed by atoms with Crippen LogP contribution in [0.15, 0.2) is 49.2 Å². The smallest absolute Gasteiger partial charge is 0.282 e. The number of phenolic OH excluding ortho intramolecular Hbond substituents is 1. The number of aryl methyl sites for hydroxylation is 1. The van der Waals surface area contributed by atoms with Crippen molar-refractivity contribution in [3.05, 3.63) is 64.6 Å². The predicted octanol–water partition coefficient (Wildman–Crippen LogP) is 4.42. The molecule has 1 aromatic heterocycles. The number of benzene rings is 2. The van der Waals surface area contributed by atoms with Gasteiger partial charge in [-0.25, -0.2) is 4.98 Å². The first-order valence-electron chi connectivity index (χ1n) is 6.78. The predicted molar refractivity (Wildman–Crippen MR) is 110 cm³/mol. The lowest BCUT2D eigenvalue weighted by atomic mass is 10.2. The molecule has 0 aliphatic rings. The molecule has 122 valence electrons. The SMILES string of the molecule is Cc1nc2ccc(I)cc2c(=O)n1/N=C/c1cc(Br)cc(Br)c1O. The van der Waals surface area contributed by atoms with Gasteiger partial charge in [-0.15, -0.1) is 0 Å². The maximum Gasteiger partial charge on any atom is 0.282 e. The average Bonchev–Trinajstić information content (AvgIpc) is 2.52. The molecule has 0 unspecified atom stereocenters. The van der Waals surface area contributed by atoms with E-state index in [2.05, 4.69) is 64.5 Å². The number of hydrogen-bond acceptors (Lipinski definition) is 4. The molecule has 0 amide bonds. The molecule has 1 heterocycles. The van der Waals surface area contributed by atoms with Crippen LogP contribution < -0.4 is 5.56 Å². The molecule has 3 aromatic rings. The first kappa shape index (κ1) is 17.6. The van der Waals surface area contributed by atoms with Crippen LogP contribution in [-0.4, -0.2) is 21.0 Å². The Bertz CT molecular complexity index is 1050. The van der Waals surface area contributed by atoms with Crippen LogP contribution in [0.1, 0.15) is 11.4 Å². The zero-order valence-electron chi connectivity index (χ0n) is 12.3. The lowest BCUT2D eigenvalue weighted by Gasteiger charge is -2.07. The van der Waals surface area contributed by atoms with Gasteiger partial charge < -0.3 is 5.11 Å². The minimum atomic E-state index is -0.249.